The fraction of sp³-hybridized carbons (Fsp3) is 0.250. The Morgan fingerprint density at radius 3 is 2.65 bits per heavy atom. The molecule has 8 heteroatoms. The van der Waals surface area contributed by atoms with Crippen LogP contribution in [0, 0.1) is 11.6 Å². The van der Waals surface area contributed by atoms with Crippen molar-refractivity contribution >= 4 is 23.5 Å². The van der Waals surface area contributed by atoms with Crippen molar-refractivity contribution in [2.45, 2.75) is 6.54 Å². The van der Waals surface area contributed by atoms with E-state index in [2.05, 4.69) is 20.3 Å². The van der Waals surface area contributed by atoms with Crippen LogP contribution in [0.4, 0.5) is 20.7 Å². The lowest BCUT2D eigenvalue weighted by Crippen LogP contribution is -2.15. The number of anilines is 2. The van der Waals surface area contributed by atoms with Gasteiger partial charge in [-0.3, -0.25) is 0 Å². The van der Waals surface area contributed by atoms with Crippen LogP contribution >= 0.6 is 11.6 Å². The lowest BCUT2D eigenvalue weighted by atomic mass is 10.2. The van der Waals surface area contributed by atoms with E-state index in [0.29, 0.717) is 5.95 Å². The van der Waals surface area contributed by atoms with E-state index >= 15 is 0 Å². The summed E-state index contributed by atoms with van der Waals surface area (Å²) in [6, 6.07) is 3.23. The van der Waals surface area contributed by atoms with Gasteiger partial charge in [-0.25, -0.2) is 8.78 Å². The Bertz CT molecular complexity index is 621. The SMILES string of the molecule is CN(C)c1nc(Cl)nc(NCc2cc(F)ccc2F)n1. The van der Waals surface area contributed by atoms with Gasteiger partial charge in [-0.2, -0.15) is 15.0 Å². The summed E-state index contributed by atoms with van der Waals surface area (Å²) >= 11 is 5.77. The van der Waals surface area contributed by atoms with Gasteiger partial charge < -0.3 is 10.2 Å². The highest BCUT2D eigenvalue weighted by atomic mass is 35.5. The van der Waals surface area contributed by atoms with Gasteiger partial charge in [0.1, 0.15) is 11.6 Å². The summed E-state index contributed by atoms with van der Waals surface area (Å²) < 4.78 is 26.5. The zero-order chi connectivity index (χ0) is 14.7. The van der Waals surface area contributed by atoms with Gasteiger partial charge in [0.15, 0.2) is 0 Å². The summed E-state index contributed by atoms with van der Waals surface area (Å²) in [4.78, 5) is 13.5. The Morgan fingerprint density at radius 1 is 1.20 bits per heavy atom. The molecule has 20 heavy (non-hydrogen) atoms. The third kappa shape index (κ3) is 3.51. The quantitative estimate of drug-likeness (QED) is 0.940. The Labute approximate surface area is 119 Å². The lowest BCUT2D eigenvalue weighted by molar-refractivity contribution is 0.587. The number of nitrogens with zero attached hydrogens (tertiary/aromatic N) is 4. The molecule has 106 valence electrons. The first kappa shape index (κ1) is 14.4. The lowest BCUT2D eigenvalue weighted by Gasteiger charge is -2.12. The molecule has 2 aromatic rings. The van der Waals surface area contributed by atoms with Crippen LogP contribution in [0.2, 0.25) is 5.28 Å². The number of halogens is 3. The van der Waals surface area contributed by atoms with Crippen molar-refractivity contribution in [3.63, 3.8) is 0 Å². The maximum absolute atomic E-state index is 13.5. The molecule has 5 nitrogen and oxygen atoms in total. The van der Waals surface area contributed by atoms with Crippen LogP contribution in [-0.2, 0) is 6.54 Å². The standard InChI is InChI=1S/C12H12ClF2N5/c1-20(2)12-18-10(13)17-11(19-12)16-6-7-5-8(14)3-4-9(7)15/h3-5H,6H2,1-2H3,(H,16,17,18,19). The van der Waals surface area contributed by atoms with Gasteiger partial charge >= 0.3 is 0 Å². The molecule has 2 rings (SSSR count). The van der Waals surface area contributed by atoms with Crippen LogP contribution in [0.15, 0.2) is 18.2 Å². The summed E-state index contributed by atoms with van der Waals surface area (Å²) in [6.07, 6.45) is 0. The molecule has 0 aliphatic carbocycles. The first-order valence-corrected chi connectivity index (χ1v) is 6.10. The van der Waals surface area contributed by atoms with Gasteiger partial charge in [0.2, 0.25) is 17.2 Å². The third-order valence-electron chi connectivity index (χ3n) is 2.44. The monoisotopic (exact) mass is 299 g/mol. The number of hydrogen-bond donors (Lipinski definition) is 1. The minimum absolute atomic E-state index is 0.0194. The van der Waals surface area contributed by atoms with Gasteiger partial charge in [0, 0.05) is 26.2 Å². The topological polar surface area (TPSA) is 53.9 Å². The van der Waals surface area contributed by atoms with Crippen molar-refractivity contribution in [2.24, 2.45) is 0 Å². The molecule has 1 aromatic carbocycles. The van der Waals surface area contributed by atoms with Crippen LogP contribution in [-0.4, -0.2) is 29.0 Å². The molecule has 1 N–H and O–H groups in total. The first-order chi connectivity index (χ1) is 9.45. The molecule has 1 heterocycles. The Hall–Kier alpha value is -2.02. The number of benzene rings is 1. The number of rotatable bonds is 4. The molecular formula is C12H12ClF2N5. The molecule has 0 unspecified atom stereocenters. The van der Waals surface area contributed by atoms with E-state index in [-0.39, 0.29) is 23.3 Å². The highest BCUT2D eigenvalue weighted by Crippen LogP contribution is 2.14. The number of hydrogen-bond acceptors (Lipinski definition) is 5. The van der Waals surface area contributed by atoms with E-state index in [0.717, 1.165) is 18.2 Å². The van der Waals surface area contributed by atoms with E-state index in [4.69, 9.17) is 11.6 Å². The smallest absolute Gasteiger partial charge is 0.230 e. The highest BCUT2D eigenvalue weighted by Gasteiger charge is 2.08. The van der Waals surface area contributed by atoms with Crippen molar-refractivity contribution < 1.29 is 8.78 Å². The summed E-state index contributed by atoms with van der Waals surface area (Å²) in [5.74, 6) is -0.456. The fourth-order valence-corrected chi connectivity index (χ4v) is 1.63. The van der Waals surface area contributed by atoms with E-state index in [1.807, 2.05) is 0 Å². The van der Waals surface area contributed by atoms with Gasteiger partial charge in [-0.1, -0.05) is 0 Å². The van der Waals surface area contributed by atoms with Gasteiger partial charge in [0.05, 0.1) is 0 Å². The van der Waals surface area contributed by atoms with Crippen molar-refractivity contribution in [1.82, 2.24) is 15.0 Å². The Balaban J connectivity index is 2.16. The summed E-state index contributed by atoms with van der Waals surface area (Å²) in [5.41, 5.74) is 0.174. The average Bonchev–Trinajstić information content (AvgIpc) is 2.39. The zero-order valence-corrected chi connectivity index (χ0v) is 11.6. The third-order valence-corrected chi connectivity index (χ3v) is 2.61. The normalized spacial score (nSPS) is 10.4. The largest absolute Gasteiger partial charge is 0.350 e. The molecular weight excluding hydrogens is 288 g/mol. The van der Waals surface area contributed by atoms with Gasteiger partial charge in [-0.05, 0) is 29.8 Å². The summed E-state index contributed by atoms with van der Waals surface area (Å²) in [6.45, 7) is 0.0385. The van der Waals surface area contributed by atoms with Crippen molar-refractivity contribution in [3.8, 4) is 0 Å². The number of aromatic nitrogens is 3. The predicted molar refractivity (Wildman–Crippen MR) is 72.8 cm³/mol. The van der Waals surface area contributed by atoms with E-state index < -0.39 is 11.6 Å². The predicted octanol–water partition coefficient (Wildman–Crippen LogP) is 2.48. The second kappa shape index (κ2) is 5.96. The molecule has 0 aliphatic rings. The van der Waals surface area contributed by atoms with Crippen LogP contribution in [0.1, 0.15) is 5.56 Å². The average molecular weight is 300 g/mol. The molecule has 0 radical (unpaired) electrons. The molecule has 0 atom stereocenters. The maximum Gasteiger partial charge on any atom is 0.230 e. The van der Waals surface area contributed by atoms with Crippen LogP contribution in [0.5, 0.6) is 0 Å². The van der Waals surface area contributed by atoms with Crippen molar-refractivity contribution in [3.05, 3.63) is 40.7 Å². The second-order valence-corrected chi connectivity index (χ2v) is 4.55. The van der Waals surface area contributed by atoms with Crippen LogP contribution < -0.4 is 10.2 Å². The van der Waals surface area contributed by atoms with Crippen molar-refractivity contribution in [2.75, 3.05) is 24.3 Å². The molecule has 0 aliphatic heterocycles. The minimum atomic E-state index is -0.508. The van der Waals surface area contributed by atoms with Crippen LogP contribution in [0.25, 0.3) is 0 Å². The van der Waals surface area contributed by atoms with E-state index in [9.17, 15) is 8.78 Å². The Morgan fingerprint density at radius 2 is 1.95 bits per heavy atom. The molecule has 0 spiro atoms. The first-order valence-electron chi connectivity index (χ1n) is 5.72. The molecule has 1 aromatic heterocycles. The number of nitrogens with one attached hydrogen (secondary N) is 1. The summed E-state index contributed by atoms with van der Waals surface area (Å²) in [5, 5.41) is 2.80. The second-order valence-electron chi connectivity index (χ2n) is 4.21. The van der Waals surface area contributed by atoms with Gasteiger partial charge in [0.25, 0.3) is 0 Å². The van der Waals surface area contributed by atoms with Gasteiger partial charge in [-0.15, -0.1) is 0 Å². The van der Waals surface area contributed by atoms with Crippen LogP contribution in [0.3, 0.4) is 0 Å². The Kier molecular flexibility index (Phi) is 4.29. The molecule has 0 bridgehead atoms. The maximum atomic E-state index is 13.5. The molecule has 0 fully saturated rings. The minimum Gasteiger partial charge on any atom is -0.350 e. The van der Waals surface area contributed by atoms with Crippen molar-refractivity contribution in [1.29, 1.82) is 0 Å². The molecule has 0 amide bonds. The van der Waals surface area contributed by atoms with E-state index in [1.165, 1.54) is 0 Å². The summed E-state index contributed by atoms with van der Waals surface area (Å²) in [7, 11) is 3.50. The highest BCUT2D eigenvalue weighted by molar-refractivity contribution is 6.28. The zero-order valence-electron chi connectivity index (χ0n) is 10.9. The molecule has 0 saturated carbocycles. The fourth-order valence-electron chi connectivity index (χ4n) is 1.47. The van der Waals surface area contributed by atoms with E-state index in [1.54, 1.807) is 19.0 Å². The molecule has 0 saturated heterocycles.